The summed E-state index contributed by atoms with van der Waals surface area (Å²) in [6, 6.07) is 0. The number of aromatic nitrogens is 2. The first-order valence-corrected chi connectivity index (χ1v) is 7.23. The molecule has 1 unspecified atom stereocenters. The van der Waals surface area contributed by atoms with Gasteiger partial charge in [-0.2, -0.15) is 12.6 Å². The molecule has 0 saturated heterocycles. The monoisotopic (exact) mass is 248 g/mol. The van der Waals surface area contributed by atoms with Crippen molar-refractivity contribution < 1.29 is 0 Å². The summed E-state index contributed by atoms with van der Waals surface area (Å²) >= 11 is 7.84. The molecule has 14 heavy (non-hydrogen) atoms. The van der Waals surface area contributed by atoms with Crippen molar-refractivity contribution >= 4 is 35.7 Å². The van der Waals surface area contributed by atoms with E-state index in [0.29, 0.717) is 5.92 Å². The van der Waals surface area contributed by atoms with E-state index >= 15 is 0 Å². The summed E-state index contributed by atoms with van der Waals surface area (Å²) in [6.07, 6.45) is 2.50. The number of thiol groups is 1. The largest absolute Gasteiger partial charge is 0.179 e. The van der Waals surface area contributed by atoms with E-state index in [1.54, 1.807) is 11.3 Å². The molecule has 0 spiro atoms. The van der Waals surface area contributed by atoms with Crippen molar-refractivity contribution in [3.63, 3.8) is 0 Å². The van der Waals surface area contributed by atoms with E-state index in [2.05, 4.69) is 29.7 Å². The van der Waals surface area contributed by atoms with Crippen LogP contribution in [0.4, 0.5) is 0 Å². The highest BCUT2D eigenvalue weighted by Gasteiger charge is 2.08. The average Bonchev–Trinajstić information content (AvgIpc) is 2.59. The number of thioether (sulfide) groups is 1. The zero-order chi connectivity index (χ0) is 10.4. The van der Waals surface area contributed by atoms with E-state index in [1.165, 1.54) is 12.8 Å². The van der Waals surface area contributed by atoms with Gasteiger partial charge in [-0.1, -0.05) is 36.4 Å². The maximum absolute atomic E-state index is 4.36. The minimum Gasteiger partial charge on any atom is -0.179 e. The fourth-order valence-electron chi connectivity index (χ4n) is 1.16. The summed E-state index contributed by atoms with van der Waals surface area (Å²) < 4.78 is 1.09. The van der Waals surface area contributed by atoms with Crippen LogP contribution in [-0.2, 0) is 0 Å². The first kappa shape index (κ1) is 12.3. The Balaban J connectivity index is 2.31. The van der Waals surface area contributed by atoms with E-state index in [4.69, 9.17) is 0 Å². The summed E-state index contributed by atoms with van der Waals surface area (Å²) in [5, 5.41) is 9.13. The number of aryl methyl sites for hydroxylation is 1. The molecule has 0 aliphatic rings. The molecule has 1 heterocycles. The minimum absolute atomic E-state index is 0.706. The smallest absolute Gasteiger partial charge is 0.174 e. The SMILES string of the molecule is CCCC(CS)CSc1nnc(C)s1. The lowest BCUT2D eigenvalue weighted by atomic mass is 10.1. The molecule has 0 radical (unpaired) electrons. The number of rotatable bonds is 6. The van der Waals surface area contributed by atoms with Gasteiger partial charge >= 0.3 is 0 Å². The highest BCUT2D eigenvalue weighted by Crippen LogP contribution is 2.25. The van der Waals surface area contributed by atoms with Gasteiger partial charge in [0.15, 0.2) is 4.34 Å². The second kappa shape index (κ2) is 6.69. The molecule has 0 N–H and O–H groups in total. The Morgan fingerprint density at radius 3 is 2.79 bits per heavy atom. The molecule has 0 saturated carbocycles. The van der Waals surface area contributed by atoms with E-state index in [0.717, 1.165) is 20.9 Å². The summed E-state index contributed by atoms with van der Waals surface area (Å²) in [5.74, 6) is 2.79. The van der Waals surface area contributed by atoms with Gasteiger partial charge in [-0.05, 0) is 25.0 Å². The van der Waals surface area contributed by atoms with Crippen LogP contribution in [0.5, 0.6) is 0 Å². The average molecular weight is 248 g/mol. The van der Waals surface area contributed by atoms with Gasteiger partial charge < -0.3 is 0 Å². The van der Waals surface area contributed by atoms with Gasteiger partial charge in [0.2, 0.25) is 0 Å². The fraction of sp³-hybridized carbons (Fsp3) is 0.778. The number of nitrogens with zero attached hydrogens (tertiary/aromatic N) is 2. The molecular formula is C9H16N2S3. The maximum atomic E-state index is 4.36. The Morgan fingerprint density at radius 2 is 2.29 bits per heavy atom. The Hall–Kier alpha value is 0.260. The van der Waals surface area contributed by atoms with E-state index < -0.39 is 0 Å². The van der Waals surface area contributed by atoms with E-state index in [9.17, 15) is 0 Å². The molecule has 1 atom stereocenters. The predicted octanol–water partition coefficient (Wildman–Crippen LogP) is 3.28. The molecule has 0 fully saturated rings. The lowest BCUT2D eigenvalue weighted by molar-refractivity contribution is 0.595. The molecule has 80 valence electrons. The van der Waals surface area contributed by atoms with Gasteiger partial charge in [0, 0.05) is 5.75 Å². The van der Waals surface area contributed by atoms with Crippen LogP contribution in [0.1, 0.15) is 24.8 Å². The van der Waals surface area contributed by atoms with Gasteiger partial charge in [0.05, 0.1) is 0 Å². The minimum atomic E-state index is 0.706. The molecule has 1 aromatic rings. The van der Waals surface area contributed by atoms with Crippen molar-refractivity contribution in [3.8, 4) is 0 Å². The van der Waals surface area contributed by atoms with Crippen molar-refractivity contribution in [1.29, 1.82) is 0 Å². The lowest BCUT2D eigenvalue weighted by Crippen LogP contribution is -2.04. The third-order valence-electron chi connectivity index (χ3n) is 1.91. The van der Waals surface area contributed by atoms with Crippen molar-refractivity contribution in [2.75, 3.05) is 11.5 Å². The Labute approximate surface area is 99.3 Å². The molecule has 0 aliphatic heterocycles. The second-order valence-electron chi connectivity index (χ2n) is 3.24. The van der Waals surface area contributed by atoms with Crippen LogP contribution in [0.3, 0.4) is 0 Å². The van der Waals surface area contributed by atoms with Crippen LogP contribution in [0.25, 0.3) is 0 Å². The molecular weight excluding hydrogens is 232 g/mol. The highest BCUT2D eigenvalue weighted by molar-refractivity contribution is 8.01. The first-order valence-electron chi connectivity index (χ1n) is 4.80. The van der Waals surface area contributed by atoms with Crippen molar-refractivity contribution in [3.05, 3.63) is 5.01 Å². The van der Waals surface area contributed by atoms with Crippen LogP contribution in [0, 0.1) is 12.8 Å². The van der Waals surface area contributed by atoms with Crippen LogP contribution >= 0.6 is 35.7 Å². The number of hydrogen-bond acceptors (Lipinski definition) is 5. The summed E-state index contributed by atoms with van der Waals surface area (Å²) in [7, 11) is 0. The van der Waals surface area contributed by atoms with Crippen LogP contribution in [0.15, 0.2) is 4.34 Å². The first-order chi connectivity index (χ1) is 6.76. The molecule has 0 aliphatic carbocycles. The maximum Gasteiger partial charge on any atom is 0.174 e. The third-order valence-corrected chi connectivity index (χ3v) is 4.63. The second-order valence-corrected chi connectivity index (χ2v) is 6.05. The van der Waals surface area contributed by atoms with Crippen molar-refractivity contribution in [2.24, 2.45) is 5.92 Å². The summed E-state index contributed by atoms with van der Waals surface area (Å²) in [5.41, 5.74) is 0. The fourth-order valence-corrected chi connectivity index (χ4v) is 3.63. The quantitative estimate of drug-likeness (QED) is 0.618. The Morgan fingerprint density at radius 1 is 1.50 bits per heavy atom. The predicted molar refractivity (Wildman–Crippen MR) is 67.6 cm³/mol. The Bertz CT molecular complexity index is 262. The standard InChI is InChI=1S/C9H16N2S3/c1-3-4-8(5-12)6-13-9-11-10-7(2)14-9/h8,12H,3-6H2,1-2H3. The lowest BCUT2D eigenvalue weighted by Gasteiger charge is -2.10. The normalized spacial score (nSPS) is 13.1. The molecule has 2 nitrogen and oxygen atoms in total. The van der Waals surface area contributed by atoms with Crippen molar-refractivity contribution in [2.45, 2.75) is 31.0 Å². The van der Waals surface area contributed by atoms with Gasteiger partial charge in [0.25, 0.3) is 0 Å². The molecule has 5 heteroatoms. The summed E-state index contributed by atoms with van der Waals surface area (Å²) in [6.45, 7) is 4.21. The van der Waals surface area contributed by atoms with Crippen LogP contribution in [0.2, 0.25) is 0 Å². The summed E-state index contributed by atoms with van der Waals surface area (Å²) in [4.78, 5) is 0. The zero-order valence-corrected chi connectivity index (χ0v) is 11.1. The van der Waals surface area contributed by atoms with Crippen LogP contribution in [-0.4, -0.2) is 21.7 Å². The third kappa shape index (κ3) is 4.19. The van der Waals surface area contributed by atoms with Crippen molar-refractivity contribution in [1.82, 2.24) is 10.2 Å². The number of hydrogen-bond donors (Lipinski definition) is 1. The molecule has 1 rings (SSSR count). The van der Waals surface area contributed by atoms with E-state index in [-0.39, 0.29) is 0 Å². The highest BCUT2D eigenvalue weighted by atomic mass is 32.2. The Kier molecular flexibility index (Phi) is 5.89. The molecule has 0 aromatic carbocycles. The molecule has 0 amide bonds. The van der Waals surface area contributed by atoms with Gasteiger partial charge in [-0.15, -0.1) is 10.2 Å². The van der Waals surface area contributed by atoms with Gasteiger partial charge in [-0.3, -0.25) is 0 Å². The van der Waals surface area contributed by atoms with Gasteiger partial charge in [-0.25, -0.2) is 0 Å². The molecule has 0 bridgehead atoms. The van der Waals surface area contributed by atoms with E-state index in [1.807, 2.05) is 18.7 Å². The van der Waals surface area contributed by atoms with Crippen LogP contribution < -0.4 is 0 Å². The van der Waals surface area contributed by atoms with Gasteiger partial charge in [0.1, 0.15) is 5.01 Å². The zero-order valence-electron chi connectivity index (χ0n) is 8.56. The molecule has 1 aromatic heterocycles. The topological polar surface area (TPSA) is 25.8 Å².